The Morgan fingerprint density at radius 3 is 2.95 bits per heavy atom. The lowest BCUT2D eigenvalue weighted by molar-refractivity contribution is -0.140. The third-order valence-electron chi connectivity index (χ3n) is 3.24. The summed E-state index contributed by atoms with van der Waals surface area (Å²) in [5.74, 6) is 2.18. The molecule has 0 aliphatic carbocycles. The summed E-state index contributed by atoms with van der Waals surface area (Å²) in [5, 5.41) is 2.74. The molecule has 1 saturated heterocycles. The standard InChI is InChI=1S/C15H20N2O4S/c1-20-14(18)3-2-7-16-15(19)11-4-5-13(17-9-11)21-12-6-8-22-10-12/h4-5,9,12H,2-3,6-8,10H2,1H3,(H,16,19)/t12-/m0/s1. The first kappa shape index (κ1) is 16.6. The number of hydrogen-bond acceptors (Lipinski definition) is 6. The van der Waals surface area contributed by atoms with Gasteiger partial charge in [-0.3, -0.25) is 9.59 Å². The Morgan fingerprint density at radius 2 is 2.32 bits per heavy atom. The Hall–Kier alpha value is -1.76. The average molecular weight is 324 g/mol. The molecule has 0 aromatic carbocycles. The van der Waals surface area contributed by atoms with Crippen molar-refractivity contribution >= 4 is 23.6 Å². The molecule has 120 valence electrons. The number of thioether (sulfide) groups is 1. The summed E-state index contributed by atoms with van der Waals surface area (Å²) in [6.45, 7) is 0.422. The Labute approximate surface area is 134 Å². The number of esters is 1. The van der Waals surface area contributed by atoms with E-state index in [9.17, 15) is 9.59 Å². The smallest absolute Gasteiger partial charge is 0.305 e. The predicted octanol–water partition coefficient (Wildman–Crippen LogP) is 1.65. The van der Waals surface area contributed by atoms with Gasteiger partial charge in [0.1, 0.15) is 6.10 Å². The monoisotopic (exact) mass is 324 g/mol. The highest BCUT2D eigenvalue weighted by molar-refractivity contribution is 7.99. The van der Waals surface area contributed by atoms with E-state index in [4.69, 9.17) is 4.74 Å². The van der Waals surface area contributed by atoms with Crippen LogP contribution in [0.15, 0.2) is 18.3 Å². The van der Waals surface area contributed by atoms with Crippen molar-refractivity contribution in [2.75, 3.05) is 25.2 Å². The van der Waals surface area contributed by atoms with Crippen molar-refractivity contribution in [3.8, 4) is 5.88 Å². The fourth-order valence-electron chi connectivity index (χ4n) is 2.00. The second kappa shape index (κ2) is 8.63. The van der Waals surface area contributed by atoms with Gasteiger partial charge >= 0.3 is 5.97 Å². The van der Waals surface area contributed by atoms with Crippen molar-refractivity contribution in [1.29, 1.82) is 0 Å². The highest BCUT2D eigenvalue weighted by Gasteiger charge is 2.17. The highest BCUT2D eigenvalue weighted by Crippen LogP contribution is 2.21. The van der Waals surface area contributed by atoms with Gasteiger partial charge in [0.05, 0.1) is 12.7 Å². The molecule has 1 fully saturated rings. The SMILES string of the molecule is COC(=O)CCCNC(=O)c1ccc(O[C@H]2CCSC2)nc1. The molecule has 0 bridgehead atoms. The zero-order chi connectivity index (χ0) is 15.8. The lowest BCUT2D eigenvalue weighted by Crippen LogP contribution is -2.25. The number of carbonyl (C=O) groups excluding carboxylic acids is 2. The second-order valence-electron chi connectivity index (χ2n) is 4.92. The number of amides is 1. The quantitative estimate of drug-likeness (QED) is 0.607. The number of hydrogen-bond donors (Lipinski definition) is 1. The van der Waals surface area contributed by atoms with Gasteiger partial charge in [0.25, 0.3) is 5.91 Å². The molecule has 1 atom stereocenters. The third kappa shape index (κ3) is 5.22. The number of rotatable bonds is 7. The van der Waals surface area contributed by atoms with Crippen LogP contribution < -0.4 is 10.1 Å². The van der Waals surface area contributed by atoms with Crippen molar-refractivity contribution in [3.05, 3.63) is 23.9 Å². The largest absolute Gasteiger partial charge is 0.473 e. The van der Waals surface area contributed by atoms with Crippen LogP contribution in [0.25, 0.3) is 0 Å². The lowest BCUT2D eigenvalue weighted by Gasteiger charge is -2.11. The zero-order valence-electron chi connectivity index (χ0n) is 12.5. The van der Waals surface area contributed by atoms with Gasteiger partial charge in [0.2, 0.25) is 5.88 Å². The molecular formula is C15H20N2O4S. The number of methoxy groups -OCH3 is 1. The van der Waals surface area contributed by atoms with Crippen LogP contribution >= 0.6 is 11.8 Å². The van der Waals surface area contributed by atoms with E-state index < -0.39 is 0 Å². The summed E-state index contributed by atoms with van der Waals surface area (Å²) < 4.78 is 10.3. The first-order chi connectivity index (χ1) is 10.7. The number of carbonyl (C=O) groups is 2. The molecule has 1 amide bonds. The third-order valence-corrected chi connectivity index (χ3v) is 4.38. The number of nitrogens with zero attached hydrogens (tertiary/aromatic N) is 1. The number of aromatic nitrogens is 1. The summed E-state index contributed by atoms with van der Waals surface area (Å²) in [7, 11) is 1.35. The summed E-state index contributed by atoms with van der Waals surface area (Å²) >= 11 is 1.87. The van der Waals surface area contributed by atoms with Gasteiger partial charge in [0, 0.05) is 31.0 Å². The maximum Gasteiger partial charge on any atom is 0.305 e. The van der Waals surface area contributed by atoms with E-state index >= 15 is 0 Å². The Balaban J connectivity index is 1.74. The Morgan fingerprint density at radius 1 is 1.45 bits per heavy atom. The summed E-state index contributed by atoms with van der Waals surface area (Å²) in [6, 6.07) is 3.41. The maximum atomic E-state index is 11.9. The first-order valence-electron chi connectivity index (χ1n) is 7.24. The van der Waals surface area contributed by atoms with Crippen molar-refractivity contribution in [2.24, 2.45) is 0 Å². The molecule has 1 aliphatic heterocycles. The highest BCUT2D eigenvalue weighted by atomic mass is 32.2. The van der Waals surface area contributed by atoms with Crippen molar-refractivity contribution in [3.63, 3.8) is 0 Å². The van der Waals surface area contributed by atoms with Crippen LogP contribution in [0.3, 0.4) is 0 Å². The van der Waals surface area contributed by atoms with E-state index in [1.54, 1.807) is 12.1 Å². The van der Waals surface area contributed by atoms with Crippen LogP contribution in [0, 0.1) is 0 Å². The molecule has 6 nitrogen and oxygen atoms in total. The molecule has 1 aromatic heterocycles. The summed E-state index contributed by atoms with van der Waals surface area (Å²) in [6.07, 6.45) is 3.60. The van der Waals surface area contributed by atoms with Gasteiger partial charge in [0.15, 0.2) is 0 Å². The molecule has 0 unspecified atom stereocenters. The van der Waals surface area contributed by atoms with Gasteiger partial charge in [-0.1, -0.05) is 0 Å². The normalized spacial score (nSPS) is 17.0. The van der Waals surface area contributed by atoms with Crippen LogP contribution in [-0.2, 0) is 9.53 Å². The molecule has 7 heteroatoms. The van der Waals surface area contributed by atoms with E-state index in [1.807, 2.05) is 11.8 Å². The van der Waals surface area contributed by atoms with E-state index in [0.29, 0.717) is 30.8 Å². The first-order valence-corrected chi connectivity index (χ1v) is 8.40. The van der Waals surface area contributed by atoms with E-state index in [2.05, 4.69) is 15.0 Å². The van der Waals surface area contributed by atoms with Crippen LogP contribution in [0.4, 0.5) is 0 Å². The molecule has 0 spiro atoms. The van der Waals surface area contributed by atoms with Gasteiger partial charge in [-0.25, -0.2) is 4.98 Å². The summed E-state index contributed by atoms with van der Waals surface area (Å²) in [4.78, 5) is 27.0. The van der Waals surface area contributed by atoms with Gasteiger partial charge < -0.3 is 14.8 Å². The van der Waals surface area contributed by atoms with Gasteiger partial charge in [-0.2, -0.15) is 11.8 Å². The lowest BCUT2D eigenvalue weighted by atomic mass is 10.2. The zero-order valence-corrected chi connectivity index (χ0v) is 13.4. The summed E-state index contributed by atoms with van der Waals surface area (Å²) in [5.41, 5.74) is 0.478. The topological polar surface area (TPSA) is 77.5 Å². The molecule has 1 aliphatic rings. The second-order valence-corrected chi connectivity index (χ2v) is 6.07. The molecular weight excluding hydrogens is 304 g/mol. The van der Waals surface area contributed by atoms with Crippen molar-refractivity contribution in [1.82, 2.24) is 10.3 Å². The van der Waals surface area contributed by atoms with Crippen LogP contribution in [0.1, 0.15) is 29.6 Å². The van der Waals surface area contributed by atoms with Crippen LogP contribution in [0.2, 0.25) is 0 Å². The van der Waals surface area contributed by atoms with Crippen LogP contribution in [-0.4, -0.2) is 48.1 Å². The van der Waals surface area contributed by atoms with Crippen LogP contribution in [0.5, 0.6) is 5.88 Å². The minimum atomic E-state index is -0.275. The fraction of sp³-hybridized carbons (Fsp3) is 0.533. The number of ether oxygens (including phenoxy) is 2. The Kier molecular flexibility index (Phi) is 6.51. The van der Waals surface area contributed by atoms with Crippen molar-refractivity contribution in [2.45, 2.75) is 25.4 Å². The molecule has 1 N–H and O–H groups in total. The van der Waals surface area contributed by atoms with Crippen molar-refractivity contribution < 1.29 is 19.1 Å². The molecule has 2 heterocycles. The van der Waals surface area contributed by atoms with E-state index in [-0.39, 0.29) is 18.0 Å². The van der Waals surface area contributed by atoms with E-state index in [0.717, 1.165) is 17.9 Å². The van der Waals surface area contributed by atoms with Gasteiger partial charge in [-0.15, -0.1) is 0 Å². The Bertz CT molecular complexity index is 501. The predicted molar refractivity (Wildman–Crippen MR) is 84.2 cm³/mol. The molecule has 0 radical (unpaired) electrons. The van der Waals surface area contributed by atoms with E-state index in [1.165, 1.54) is 13.3 Å². The number of pyridine rings is 1. The molecule has 1 aromatic rings. The average Bonchev–Trinajstić information content (AvgIpc) is 3.04. The minimum absolute atomic E-state index is 0.208. The van der Waals surface area contributed by atoms with Gasteiger partial charge in [-0.05, 0) is 24.7 Å². The maximum absolute atomic E-state index is 11.9. The molecule has 0 saturated carbocycles. The minimum Gasteiger partial charge on any atom is -0.473 e. The number of nitrogens with one attached hydrogen (secondary N) is 1. The molecule has 22 heavy (non-hydrogen) atoms. The fourth-order valence-corrected chi connectivity index (χ4v) is 3.09. The molecule has 2 rings (SSSR count).